The normalized spacial score (nSPS) is 24.8. The van der Waals surface area contributed by atoms with Gasteiger partial charge in [-0.05, 0) is 52.3 Å². The predicted octanol–water partition coefficient (Wildman–Crippen LogP) is 6.45. The number of carbonyl (C=O) groups excluding carboxylic acids is 1. The number of nitrogens with one attached hydrogen (secondary N) is 1. The fourth-order valence-corrected chi connectivity index (χ4v) is 6.91. The van der Waals surface area contributed by atoms with Crippen LogP contribution in [0.4, 0.5) is 0 Å². The van der Waals surface area contributed by atoms with Crippen molar-refractivity contribution in [2.75, 3.05) is 13.7 Å². The number of rotatable bonds is 8. The van der Waals surface area contributed by atoms with E-state index in [2.05, 4.69) is 85.0 Å². The largest absolute Gasteiger partial charge is 0.496 e. The molecule has 4 rings (SSSR count). The number of carboxylic acids is 1. The minimum atomic E-state index is -1.01. The summed E-state index contributed by atoms with van der Waals surface area (Å²) < 4.78 is 11.6. The standard InChI is InChI=1S/C35H50N2O5/c1-21(2)24-13-10-11-14-25(24)30-29(36-20-22-19-23(34(3,4)5)16-17-26(22)41-9)28(35(6,7)8)31(33(39)40)37(30)32(38)27-15-12-18-42-27/h10-11,13-14,16-17,19,21,27-31,36H,12,15,18,20H2,1-9H3,(H,39,40)/t27-,28-,29-,30-,31-/m0/s1. The molecule has 0 unspecified atom stereocenters. The molecule has 7 heteroatoms. The number of aliphatic carboxylic acids is 1. The van der Waals surface area contributed by atoms with Crippen molar-refractivity contribution >= 4 is 11.9 Å². The maximum absolute atomic E-state index is 14.3. The second kappa shape index (κ2) is 12.4. The van der Waals surface area contributed by atoms with Crippen LogP contribution in [0.25, 0.3) is 0 Å². The number of ether oxygens (including phenoxy) is 2. The first kappa shape index (κ1) is 32.0. The van der Waals surface area contributed by atoms with Crippen molar-refractivity contribution in [1.82, 2.24) is 10.2 Å². The van der Waals surface area contributed by atoms with E-state index in [-0.39, 0.29) is 29.2 Å². The van der Waals surface area contributed by atoms with Crippen LogP contribution in [0.3, 0.4) is 0 Å². The zero-order valence-electron chi connectivity index (χ0n) is 26.9. The van der Waals surface area contributed by atoms with Crippen molar-refractivity contribution in [2.45, 2.75) is 110 Å². The number of nitrogens with zero attached hydrogens (tertiary/aromatic N) is 1. The minimum absolute atomic E-state index is 0.0417. The molecular weight excluding hydrogens is 528 g/mol. The van der Waals surface area contributed by atoms with Crippen molar-refractivity contribution in [1.29, 1.82) is 0 Å². The molecule has 42 heavy (non-hydrogen) atoms. The van der Waals surface area contributed by atoms with E-state index in [9.17, 15) is 14.7 Å². The van der Waals surface area contributed by atoms with Crippen LogP contribution in [-0.2, 0) is 26.3 Å². The van der Waals surface area contributed by atoms with Gasteiger partial charge < -0.3 is 24.8 Å². The zero-order valence-corrected chi connectivity index (χ0v) is 26.9. The minimum Gasteiger partial charge on any atom is -0.496 e. The van der Waals surface area contributed by atoms with Gasteiger partial charge in [0.05, 0.1) is 13.2 Å². The van der Waals surface area contributed by atoms with Crippen LogP contribution in [0.1, 0.15) is 102 Å². The second-order valence-electron chi connectivity index (χ2n) is 14.3. The predicted molar refractivity (Wildman–Crippen MR) is 166 cm³/mol. The SMILES string of the molecule is COc1ccc(C(C)(C)C)cc1CN[C@H]1[C@H](C(C)(C)C)[C@@H](C(=O)O)N(C(=O)[C@@H]2CCCO2)[C@H]1c1ccccc1C(C)C. The molecule has 1 amide bonds. The quantitative estimate of drug-likeness (QED) is 0.374. The van der Waals surface area contributed by atoms with Crippen molar-refractivity contribution in [2.24, 2.45) is 11.3 Å². The van der Waals surface area contributed by atoms with Crippen LogP contribution in [-0.4, -0.2) is 53.8 Å². The number of hydrogen-bond donors (Lipinski definition) is 2. The van der Waals surface area contributed by atoms with E-state index in [1.165, 1.54) is 5.56 Å². The molecule has 0 spiro atoms. The average molecular weight is 579 g/mol. The molecule has 7 nitrogen and oxygen atoms in total. The van der Waals surface area contributed by atoms with Crippen molar-refractivity contribution in [3.63, 3.8) is 0 Å². The molecule has 2 aromatic rings. The monoisotopic (exact) mass is 578 g/mol. The Balaban J connectivity index is 1.89. The lowest BCUT2D eigenvalue weighted by Crippen LogP contribution is -2.50. The maximum atomic E-state index is 14.3. The second-order valence-corrected chi connectivity index (χ2v) is 14.3. The lowest BCUT2D eigenvalue weighted by Gasteiger charge is -2.36. The van der Waals surface area contributed by atoms with E-state index in [1.54, 1.807) is 12.0 Å². The molecule has 2 aliphatic heterocycles. The molecule has 0 aliphatic carbocycles. The van der Waals surface area contributed by atoms with Crippen LogP contribution in [0.5, 0.6) is 5.75 Å². The molecule has 2 aliphatic rings. The molecule has 2 heterocycles. The number of carboxylic acid groups (broad SMARTS) is 1. The van der Waals surface area contributed by atoms with Gasteiger partial charge in [-0.2, -0.15) is 0 Å². The summed E-state index contributed by atoms with van der Waals surface area (Å²) in [6, 6.07) is 12.6. The van der Waals surface area contributed by atoms with Gasteiger partial charge in [0.1, 0.15) is 17.9 Å². The maximum Gasteiger partial charge on any atom is 0.326 e. The highest BCUT2D eigenvalue weighted by Gasteiger charge is 2.59. The van der Waals surface area contributed by atoms with E-state index in [4.69, 9.17) is 9.47 Å². The van der Waals surface area contributed by atoms with Gasteiger partial charge in [-0.1, -0.05) is 91.8 Å². The van der Waals surface area contributed by atoms with Crippen molar-refractivity contribution in [3.8, 4) is 5.75 Å². The average Bonchev–Trinajstić information content (AvgIpc) is 3.57. The van der Waals surface area contributed by atoms with E-state index in [1.807, 2.05) is 18.2 Å². The third-order valence-corrected chi connectivity index (χ3v) is 8.99. The molecule has 2 saturated heterocycles. The molecule has 2 fully saturated rings. The Kier molecular flexibility index (Phi) is 9.43. The molecular formula is C35H50N2O5. The van der Waals surface area contributed by atoms with E-state index in [0.29, 0.717) is 19.6 Å². The Labute approximate surface area is 252 Å². The lowest BCUT2D eigenvalue weighted by molar-refractivity contribution is -0.156. The Morgan fingerprint density at radius 2 is 1.79 bits per heavy atom. The number of hydrogen-bond acceptors (Lipinski definition) is 5. The Morgan fingerprint density at radius 3 is 2.33 bits per heavy atom. The first-order valence-corrected chi connectivity index (χ1v) is 15.3. The fraction of sp³-hybridized carbons (Fsp3) is 0.600. The first-order chi connectivity index (χ1) is 19.7. The van der Waals surface area contributed by atoms with Gasteiger partial charge in [0.25, 0.3) is 5.91 Å². The summed E-state index contributed by atoms with van der Waals surface area (Å²) in [5, 5.41) is 14.6. The summed E-state index contributed by atoms with van der Waals surface area (Å²) in [6.07, 6.45) is 0.780. The zero-order chi connectivity index (χ0) is 31.0. The molecule has 2 N–H and O–H groups in total. The van der Waals surface area contributed by atoms with E-state index < -0.39 is 29.6 Å². The van der Waals surface area contributed by atoms with E-state index in [0.717, 1.165) is 28.9 Å². The smallest absolute Gasteiger partial charge is 0.326 e. The molecule has 0 aromatic heterocycles. The molecule has 230 valence electrons. The van der Waals surface area contributed by atoms with Crippen LogP contribution >= 0.6 is 0 Å². The van der Waals surface area contributed by atoms with Gasteiger partial charge in [-0.15, -0.1) is 0 Å². The van der Waals surface area contributed by atoms with Gasteiger partial charge in [0.15, 0.2) is 0 Å². The molecule has 0 radical (unpaired) electrons. The summed E-state index contributed by atoms with van der Waals surface area (Å²) in [5.74, 6) is -0.606. The third-order valence-electron chi connectivity index (χ3n) is 8.99. The van der Waals surface area contributed by atoms with Gasteiger partial charge in [0.2, 0.25) is 0 Å². The van der Waals surface area contributed by atoms with Crippen LogP contribution in [0, 0.1) is 11.3 Å². The number of benzene rings is 2. The highest BCUT2D eigenvalue weighted by molar-refractivity contribution is 5.88. The first-order valence-electron chi connectivity index (χ1n) is 15.3. The summed E-state index contributed by atoms with van der Waals surface area (Å²) >= 11 is 0. The highest BCUT2D eigenvalue weighted by atomic mass is 16.5. The van der Waals surface area contributed by atoms with Crippen LogP contribution in [0.2, 0.25) is 0 Å². The topological polar surface area (TPSA) is 88.1 Å². The number of methoxy groups -OCH3 is 1. The van der Waals surface area contributed by atoms with Crippen molar-refractivity contribution in [3.05, 3.63) is 64.7 Å². The summed E-state index contributed by atoms with van der Waals surface area (Å²) in [6.45, 7) is 18.1. The molecule has 0 bridgehead atoms. The van der Waals surface area contributed by atoms with Gasteiger partial charge in [-0.3, -0.25) is 4.79 Å². The van der Waals surface area contributed by atoms with Crippen molar-refractivity contribution < 1.29 is 24.2 Å². The Morgan fingerprint density at radius 1 is 1.10 bits per heavy atom. The number of carbonyl (C=O) groups is 2. The Bertz CT molecular complexity index is 1270. The molecule has 5 atom stereocenters. The van der Waals surface area contributed by atoms with E-state index >= 15 is 0 Å². The van der Waals surface area contributed by atoms with Crippen LogP contribution in [0.15, 0.2) is 42.5 Å². The summed E-state index contributed by atoms with van der Waals surface area (Å²) in [7, 11) is 1.67. The summed E-state index contributed by atoms with van der Waals surface area (Å²) in [4.78, 5) is 29.1. The number of amides is 1. The Hall–Kier alpha value is -2.90. The van der Waals surface area contributed by atoms with Gasteiger partial charge in [0, 0.05) is 30.7 Å². The number of likely N-dealkylation sites (tertiary alicyclic amines) is 1. The fourth-order valence-electron chi connectivity index (χ4n) is 6.91. The molecule has 2 aromatic carbocycles. The van der Waals surface area contributed by atoms with Gasteiger partial charge in [-0.25, -0.2) is 4.79 Å². The highest BCUT2D eigenvalue weighted by Crippen LogP contribution is 2.50. The lowest BCUT2D eigenvalue weighted by atomic mass is 9.72. The van der Waals surface area contributed by atoms with Crippen LogP contribution < -0.4 is 10.1 Å². The summed E-state index contributed by atoms with van der Waals surface area (Å²) in [5.41, 5.74) is 3.84. The van der Waals surface area contributed by atoms with Gasteiger partial charge >= 0.3 is 5.97 Å². The molecule has 0 saturated carbocycles. The third kappa shape index (κ3) is 6.37.